The lowest BCUT2D eigenvalue weighted by Gasteiger charge is -2.19. The van der Waals surface area contributed by atoms with Crippen molar-refractivity contribution in [2.24, 2.45) is 0 Å². The van der Waals surface area contributed by atoms with Gasteiger partial charge in [-0.2, -0.15) is 13.2 Å². The normalized spacial score (nSPS) is 14.4. The highest BCUT2D eigenvalue weighted by molar-refractivity contribution is 7.99. The van der Waals surface area contributed by atoms with Gasteiger partial charge in [-0.1, -0.05) is 11.8 Å². The molecule has 8 heteroatoms. The van der Waals surface area contributed by atoms with E-state index in [0.29, 0.717) is 5.03 Å². The molecule has 1 aliphatic rings. The molecule has 0 unspecified atom stereocenters. The maximum Gasteiger partial charge on any atom is 0.417 e. The number of benzene rings is 1. The van der Waals surface area contributed by atoms with Gasteiger partial charge in [-0.05, 0) is 55.7 Å². The SMILES string of the molecule is Cc1cc(N2CCCC2)ccc1NC(=O)CSc1ccc(C(F)(F)F)cn1. The molecule has 1 fully saturated rings. The van der Waals surface area contributed by atoms with Crippen LogP contribution in [0, 0.1) is 6.92 Å². The van der Waals surface area contributed by atoms with Crippen LogP contribution in [0.2, 0.25) is 0 Å². The van der Waals surface area contributed by atoms with Crippen molar-refractivity contribution in [3.63, 3.8) is 0 Å². The fourth-order valence-corrected chi connectivity index (χ4v) is 3.56. The molecular weight excluding hydrogens is 375 g/mol. The molecule has 0 bridgehead atoms. The number of carbonyl (C=O) groups excluding carboxylic acids is 1. The number of hydrogen-bond acceptors (Lipinski definition) is 4. The van der Waals surface area contributed by atoms with E-state index in [-0.39, 0.29) is 11.7 Å². The molecule has 1 saturated heterocycles. The predicted octanol–water partition coefficient (Wildman–Crippen LogP) is 4.74. The summed E-state index contributed by atoms with van der Waals surface area (Å²) in [7, 11) is 0. The van der Waals surface area contributed by atoms with Gasteiger partial charge in [0.25, 0.3) is 0 Å². The number of nitrogens with one attached hydrogen (secondary N) is 1. The molecule has 2 aromatic rings. The summed E-state index contributed by atoms with van der Waals surface area (Å²) in [5.41, 5.74) is 2.07. The minimum Gasteiger partial charge on any atom is -0.372 e. The van der Waals surface area contributed by atoms with Gasteiger partial charge in [0.15, 0.2) is 0 Å². The first kappa shape index (κ1) is 19.5. The maximum absolute atomic E-state index is 12.5. The Morgan fingerprint density at radius 3 is 2.56 bits per heavy atom. The van der Waals surface area contributed by atoms with Crippen LogP contribution in [0.25, 0.3) is 0 Å². The largest absolute Gasteiger partial charge is 0.417 e. The first-order valence-corrected chi connectivity index (χ1v) is 9.63. The highest BCUT2D eigenvalue weighted by atomic mass is 32.2. The van der Waals surface area contributed by atoms with Crippen molar-refractivity contribution in [1.82, 2.24) is 4.98 Å². The van der Waals surface area contributed by atoms with Crippen molar-refractivity contribution in [1.29, 1.82) is 0 Å². The van der Waals surface area contributed by atoms with E-state index in [1.807, 2.05) is 19.1 Å². The molecule has 1 N–H and O–H groups in total. The Morgan fingerprint density at radius 2 is 1.96 bits per heavy atom. The second-order valence-electron chi connectivity index (χ2n) is 6.41. The van der Waals surface area contributed by atoms with Crippen molar-refractivity contribution in [2.45, 2.75) is 31.0 Å². The predicted molar refractivity (Wildman–Crippen MR) is 101 cm³/mol. The molecule has 0 aliphatic carbocycles. The van der Waals surface area contributed by atoms with Gasteiger partial charge in [-0.15, -0.1) is 0 Å². The molecule has 3 rings (SSSR count). The fraction of sp³-hybridized carbons (Fsp3) is 0.368. The van der Waals surface area contributed by atoms with Gasteiger partial charge in [-0.3, -0.25) is 4.79 Å². The lowest BCUT2D eigenvalue weighted by atomic mass is 10.1. The molecule has 2 heterocycles. The summed E-state index contributed by atoms with van der Waals surface area (Å²) < 4.78 is 37.6. The summed E-state index contributed by atoms with van der Waals surface area (Å²) in [4.78, 5) is 18.2. The quantitative estimate of drug-likeness (QED) is 0.743. The zero-order valence-electron chi connectivity index (χ0n) is 14.8. The molecule has 0 saturated carbocycles. The van der Waals surface area contributed by atoms with Gasteiger partial charge in [0.2, 0.25) is 5.91 Å². The Kier molecular flexibility index (Phi) is 5.94. The smallest absolute Gasteiger partial charge is 0.372 e. The van der Waals surface area contributed by atoms with Crippen LogP contribution in [0.15, 0.2) is 41.6 Å². The molecule has 0 spiro atoms. The average molecular weight is 395 g/mol. The van der Waals surface area contributed by atoms with E-state index in [1.165, 1.54) is 18.9 Å². The van der Waals surface area contributed by atoms with Crippen LogP contribution < -0.4 is 10.2 Å². The maximum atomic E-state index is 12.5. The summed E-state index contributed by atoms with van der Waals surface area (Å²) in [5.74, 6) is -0.148. The van der Waals surface area contributed by atoms with Gasteiger partial charge in [0.05, 0.1) is 16.3 Å². The molecule has 1 aromatic carbocycles. The highest BCUT2D eigenvalue weighted by Gasteiger charge is 2.30. The molecule has 1 aliphatic heterocycles. The monoisotopic (exact) mass is 395 g/mol. The number of rotatable bonds is 5. The van der Waals surface area contributed by atoms with Crippen LogP contribution >= 0.6 is 11.8 Å². The minimum absolute atomic E-state index is 0.0751. The van der Waals surface area contributed by atoms with Crippen LogP contribution in [0.3, 0.4) is 0 Å². The van der Waals surface area contributed by atoms with E-state index in [1.54, 1.807) is 0 Å². The number of amides is 1. The van der Waals surface area contributed by atoms with Crippen LogP contribution in [-0.2, 0) is 11.0 Å². The van der Waals surface area contributed by atoms with Crippen LogP contribution in [-0.4, -0.2) is 29.7 Å². The molecular formula is C19H20F3N3OS. The number of carbonyl (C=O) groups is 1. The lowest BCUT2D eigenvalue weighted by molar-refractivity contribution is -0.137. The van der Waals surface area contributed by atoms with Gasteiger partial charge >= 0.3 is 6.18 Å². The summed E-state index contributed by atoms with van der Waals surface area (Å²) in [6.45, 7) is 4.06. The number of thioether (sulfide) groups is 1. The first-order valence-electron chi connectivity index (χ1n) is 8.64. The topological polar surface area (TPSA) is 45.2 Å². The van der Waals surface area contributed by atoms with Crippen LogP contribution in [0.5, 0.6) is 0 Å². The Labute approximate surface area is 160 Å². The molecule has 144 valence electrons. The molecule has 1 aromatic heterocycles. The third kappa shape index (κ3) is 5.15. The van der Waals surface area contributed by atoms with E-state index in [0.717, 1.165) is 54.1 Å². The summed E-state index contributed by atoms with van der Waals surface area (Å²) in [6, 6.07) is 8.19. The number of alkyl halides is 3. The zero-order valence-corrected chi connectivity index (χ0v) is 15.7. The summed E-state index contributed by atoms with van der Waals surface area (Å²) in [5, 5.41) is 3.22. The van der Waals surface area contributed by atoms with Gasteiger partial charge in [-0.25, -0.2) is 4.98 Å². The van der Waals surface area contributed by atoms with E-state index in [4.69, 9.17) is 0 Å². The van der Waals surface area contributed by atoms with Gasteiger partial charge in [0.1, 0.15) is 0 Å². The minimum atomic E-state index is -4.41. The molecule has 1 amide bonds. The Balaban J connectivity index is 1.54. The number of hydrogen-bond donors (Lipinski definition) is 1. The van der Waals surface area contributed by atoms with E-state index >= 15 is 0 Å². The highest BCUT2D eigenvalue weighted by Crippen LogP contribution is 2.30. The number of nitrogens with zero attached hydrogens (tertiary/aromatic N) is 2. The number of pyridine rings is 1. The first-order chi connectivity index (χ1) is 12.8. The molecule has 4 nitrogen and oxygen atoms in total. The Hall–Kier alpha value is -2.22. The number of halogens is 3. The number of anilines is 2. The van der Waals surface area contributed by atoms with E-state index in [9.17, 15) is 18.0 Å². The van der Waals surface area contributed by atoms with Crippen molar-refractivity contribution in [3.05, 3.63) is 47.7 Å². The average Bonchev–Trinajstić information content (AvgIpc) is 3.16. The molecule has 0 radical (unpaired) electrons. The van der Waals surface area contributed by atoms with Crippen molar-refractivity contribution < 1.29 is 18.0 Å². The van der Waals surface area contributed by atoms with Gasteiger partial charge < -0.3 is 10.2 Å². The summed E-state index contributed by atoms with van der Waals surface area (Å²) in [6.07, 6.45) is -1.23. The molecule has 0 atom stereocenters. The lowest BCUT2D eigenvalue weighted by Crippen LogP contribution is -2.18. The van der Waals surface area contributed by atoms with Crippen molar-refractivity contribution >= 4 is 29.0 Å². The number of aryl methyl sites for hydroxylation is 1. The molecule has 27 heavy (non-hydrogen) atoms. The Bertz CT molecular complexity index is 803. The third-order valence-corrected chi connectivity index (χ3v) is 5.31. The van der Waals surface area contributed by atoms with E-state index in [2.05, 4.69) is 21.3 Å². The van der Waals surface area contributed by atoms with Gasteiger partial charge in [0, 0.05) is 30.7 Å². The third-order valence-electron chi connectivity index (χ3n) is 4.37. The standard InChI is InChI=1S/C19H20F3N3OS/c1-13-10-15(25-8-2-3-9-25)5-6-16(13)24-17(26)12-27-18-7-4-14(11-23-18)19(20,21)22/h4-7,10-11H,2-3,8-9,12H2,1H3,(H,24,26). The van der Waals surface area contributed by atoms with Crippen molar-refractivity contribution in [3.8, 4) is 0 Å². The zero-order chi connectivity index (χ0) is 19.4. The second-order valence-corrected chi connectivity index (χ2v) is 7.41. The van der Waals surface area contributed by atoms with Crippen LogP contribution in [0.4, 0.5) is 24.5 Å². The fourth-order valence-electron chi connectivity index (χ4n) is 2.92. The van der Waals surface area contributed by atoms with Crippen molar-refractivity contribution in [2.75, 3.05) is 29.1 Å². The number of aromatic nitrogens is 1. The second kappa shape index (κ2) is 8.21. The Morgan fingerprint density at radius 1 is 1.22 bits per heavy atom. The summed E-state index contributed by atoms with van der Waals surface area (Å²) >= 11 is 1.10. The van der Waals surface area contributed by atoms with E-state index < -0.39 is 11.7 Å². The van der Waals surface area contributed by atoms with Crippen LogP contribution in [0.1, 0.15) is 24.0 Å².